The van der Waals surface area contributed by atoms with Gasteiger partial charge in [0.2, 0.25) is 11.8 Å². The molecule has 1 rings (SSSR count). The second-order valence-corrected chi connectivity index (χ2v) is 3.67. The molecule has 1 amide bonds. The molecule has 0 saturated heterocycles. The number of carbonyl (C=O) groups is 1. The molecule has 0 radical (unpaired) electrons. The lowest BCUT2D eigenvalue weighted by Crippen LogP contribution is -2.21. The van der Waals surface area contributed by atoms with Crippen molar-refractivity contribution in [2.45, 2.75) is 13.8 Å². The third-order valence-corrected chi connectivity index (χ3v) is 2.44. The van der Waals surface area contributed by atoms with Gasteiger partial charge in [0.15, 0.2) is 0 Å². The van der Waals surface area contributed by atoms with Crippen LogP contribution in [0.2, 0.25) is 0 Å². The van der Waals surface area contributed by atoms with Crippen molar-refractivity contribution < 1.29 is 9.53 Å². The molecule has 1 atom stereocenters. The predicted octanol–water partition coefficient (Wildman–Crippen LogP) is 2.29. The average Bonchev–Trinajstić information content (AvgIpc) is 2.31. The molecule has 1 heterocycles. The Morgan fingerprint density at radius 3 is 2.88 bits per heavy atom. The molecule has 1 unspecified atom stereocenters. The average molecular weight is 243 g/mol. The van der Waals surface area contributed by atoms with Crippen LogP contribution < -0.4 is 10.1 Å². The Bertz CT molecular complexity index is 340. The van der Waals surface area contributed by atoms with Gasteiger partial charge in [-0.1, -0.05) is 6.92 Å². The maximum absolute atomic E-state index is 11.5. The summed E-state index contributed by atoms with van der Waals surface area (Å²) < 4.78 is 5.19. The van der Waals surface area contributed by atoms with Gasteiger partial charge in [-0.2, -0.15) is 0 Å². The predicted molar refractivity (Wildman–Crippen MR) is 63.9 cm³/mol. The van der Waals surface area contributed by atoms with Crippen LogP contribution in [0.25, 0.3) is 0 Å². The van der Waals surface area contributed by atoms with Crippen molar-refractivity contribution in [3.05, 3.63) is 18.3 Å². The van der Waals surface area contributed by atoms with E-state index < -0.39 is 0 Å². The van der Waals surface area contributed by atoms with E-state index in [2.05, 4.69) is 10.3 Å². The highest BCUT2D eigenvalue weighted by Crippen LogP contribution is 2.12. The molecule has 0 aliphatic rings. The molecule has 5 heteroatoms. The first kappa shape index (κ1) is 12.8. The highest BCUT2D eigenvalue weighted by Gasteiger charge is 2.11. The Balaban J connectivity index is 2.58. The monoisotopic (exact) mass is 242 g/mol. The van der Waals surface area contributed by atoms with Crippen LogP contribution >= 0.6 is 11.6 Å². The molecule has 0 saturated carbocycles. The summed E-state index contributed by atoms with van der Waals surface area (Å²) in [7, 11) is 0. The number of carbonyl (C=O) groups excluding carboxylic acids is 1. The number of nitrogens with one attached hydrogen (secondary N) is 1. The van der Waals surface area contributed by atoms with Crippen LogP contribution in [0.1, 0.15) is 13.8 Å². The van der Waals surface area contributed by atoms with Crippen molar-refractivity contribution in [1.82, 2.24) is 4.98 Å². The first-order valence-electron chi connectivity index (χ1n) is 5.13. The minimum absolute atomic E-state index is 0.110. The third kappa shape index (κ3) is 3.70. The number of ether oxygens (including phenoxy) is 1. The van der Waals surface area contributed by atoms with Gasteiger partial charge in [0.05, 0.1) is 18.5 Å². The van der Waals surface area contributed by atoms with E-state index in [9.17, 15) is 4.79 Å². The Morgan fingerprint density at radius 2 is 2.38 bits per heavy atom. The smallest absolute Gasteiger partial charge is 0.228 e. The summed E-state index contributed by atoms with van der Waals surface area (Å²) in [6.45, 7) is 4.23. The molecule has 88 valence electrons. The van der Waals surface area contributed by atoms with Crippen LogP contribution in [-0.4, -0.2) is 23.4 Å². The van der Waals surface area contributed by atoms with Crippen molar-refractivity contribution in [2.75, 3.05) is 17.8 Å². The number of rotatable bonds is 5. The number of hydrogen-bond donors (Lipinski definition) is 1. The van der Waals surface area contributed by atoms with Gasteiger partial charge in [0, 0.05) is 17.9 Å². The summed E-state index contributed by atoms with van der Waals surface area (Å²) in [6, 6.07) is 3.46. The number of alkyl halides is 1. The molecular weight excluding hydrogens is 228 g/mol. The lowest BCUT2D eigenvalue weighted by molar-refractivity contribution is -0.118. The van der Waals surface area contributed by atoms with Gasteiger partial charge in [0.25, 0.3) is 0 Å². The molecule has 1 N–H and O–H groups in total. The fourth-order valence-electron chi connectivity index (χ4n) is 1.02. The van der Waals surface area contributed by atoms with Gasteiger partial charge in [-0.3, -0.25) is 4.79 Å². The Kier molecular flexibility index (Phi) is 5.05. The molecule has 0 aromatic carbocycles. The zero-order valence-electron chi connectivity index (χ0n) is 9.37. The van der Waals surface area contributed by atoms with E-state index in [1.54, 1.807) is 25.3 Å². The molecule has 1 aromatic rings. The van der Waals surface area contributed by atoms with Crippen LogP contribution in [0, 0.1) is 5.92 Å². The number of aromatic nitrogens is 1. The number of pyridine rings is 1. The molecule has 0 fully saturated rings. The van der Waals surface area contributed by atoms with E-state index in [1.165, 1.54) is 0 Å². The zero-order valence-corrected chi connectivity index (χ0v) is 10.1. The van der Waals surface area contributed by atoms with Gasteiger partial charge in [-0.05, 0) is 13.0 Å². The largest absolute Gasteiger partial charge is 0.478 e. The van der Waals surface area contributed by atoms with Crippen molar-refractivity contribution in [3.8, 4) is 5.88 Å². The molecule has 0 spiro atoms. The summed E-state index contributed by atoms with van der Waals surface area (Å²) in [4.78, 5) is 15.5. The first-order valence-corrected chi connectivity index (χ1v) is 5.66. The van der Waals surface area contributed by atoms with E-state index in [4.69, 9.17) is 16.3 Å². The summed E-state index contributed by atoms with van der Waals surface area (Å²) in [6.07, 6.45) is 1.56. The van der Waals surface area contributed by atoms with E-state index in [-0.39, 0.29) is 11.8 Å². The molecule has 0 aliphatic heterocycles. The number of amides is 1. The zero-order chi connectivity index (χ0) is 12.0. The van der Waals surface area contributed by atoms with E-state index >= 15 is 0 Å². The van der Waals surface area contributed by atoms with Crippen LogP contribution in [0.15, 0.2) is 18.3 Å². The maximum atomic E-state index is 11.5. The Morgan fingerprint density at radius 1 is 1.62 bits per heavy atom. The molecular formula is C11H15ClN2O2. The second-order valence-electron chi connectivity index (χ2n) is 3.36. The number of anilines is 1. The number of hydrogen-bond acceptors (Lipinski definition) is 3. The highest BCUT2D eigenvalue weighted by atomic mass is 35.5. The normalized spacial score (nSPS) is 11.9. The summed E-state index contributed by atoms with van der Waals surface area (Å²) >= 11 is 5.58. The lowest BCUT2D eigenvalue weighted by Gasteiger charge is -2.09. The SMILES string of the molecule is CCOc1ccc(NC(=O)C(C)CCl)cn1. The van der Waals surface area contributed by atoms with E-state index in [0.717, 1.165) is 0 Å². The van der Waals surface area contributed by atoms with Crippen molar-refractivity contribution in [1.29, 1.82) is 0 Å². The minimum Gasteiger partial charge on any atom is -0.478 e. The van der Waals surface area contributed by atoms with Crippen LogP contribution in [0.3, 0.4) is 0 Å². The van der Waals surface area contributed by atoms with Gasteiger partial charge >= 0.3 is 0 Å². The number of nitrogens with zero attached hydrogens (tertiary/aromatic N) is 1. The summed E-state index contributed by atoms with van der Waals surface area (Å²) in [5.74, 6) is 0.524. The standard InChI is InChI=1S/C11H15ClN2O2/c1-3-16-10-5-4-9(7-13-10)14-11(15)8(2)6-12/h4-5,7-8H,3,6H2,1-2H3,(H,14,15). The quantitative estimate of drug-likeness (QED) is 0.806. The fraction of sp³-hybridized carbons (Fsp3) is 0.455. The second kappa shape index (κ2) is 6.33. The molecule has 4 nitrogen and oxygen atoms in total. The fourth-order valence-corrected chi connectivity index (χ4v) is 1.16. The van der Waals surface area contributed by atoms with Crippen LogP contribution in [0.5, 0.6) is 5.88 Å². The minimum atomic E-state index is -0.215. The molecule has 1 aromatic heterocycles. The van der Waals surface area contributed by atoms with Crippen molar-refractivity contribution in [3.63, 3.8) is 0 Å². The number of halogens is 1. The van der Waals surface area contributed by atoms with Crippen molar-refractivity contribution in [2.24, 2.45) is 5.92 Å². The van der Waals surface area contributed by atoms with Gasteiger partial charge in [0.1, 0.15) is 0 Å². The topological polar surface area (TPSA) is 51.2 Å². The maximum Gasteiger partial charge on any atom is 0.228 e. The van der Waals surface area contributed by atoms with E-state index in [0.29, 0.717) is 24.1 Å². The van der Waals surface area contributed by atoms with Gasteiger partial charge < -0.3 is 10.1 Å². The lowest BCUT2D eigenvalue weighted by atomic mass is 10.2. The van der Waals surface area contributed by atoms with Gasteiger partial charge in [-0.25, -0.2) is 4.98 Å². The summed E-state index contributed by atoms with van der Waals surface area (Å²) in [5.41, 5.74) is 0.644. The third-order valence-electron chi connectivity index (χ3n) is 1.98. The Labute approximate surface area is 100.0 Å². The first-order chi connectivity index (χ1) is 7.67. The highest BCUT2D eigenvalue weighted by molar-refractivity contribution is 6.19. The van der Waals surface area contributed by atoms with E-state index in [1.807, 2.05) is 6.92 Å². The summed E-state index contributed by atoms with van der Waals surface area (Å²) in [5, 5.41) is 2.72. The molecule has 16 heavy (non-hydrogen) atoms. The molecule has 0 aliphatic carbocycles. The van der Waals surface area contributed by atoms with Crippen molar-refractivity contribution >= 4 is 23.2 Å². The molecule has 0 bridgehead atoms. The van der Waals surface area contributed by atoms with Crippen LogP contribution in [-0.2, 0) is 4.79 Å². The van der Waals surface area contributed by atoms with Crippen LogP contribution in [0.4, 0.5) is 5.69 Å². The van der Waals surface area contributed by atoms with Gasteiger partial charge in [-0.15, -0.1) is 11.6 Å². The Hall–Kier alpha value is -1.29.